The molecule has 0 saturated carbocycles. The number of fused-ring (bicyclic) bond motifs is 12. The van der Waals surface area contributed by atoms with Crippen LogP contribution in [0.3, 0.4) is 0 Å². The van der Waals surface area contributed by atoms with Crippen molar-refractivity contribution >= 4 is 98.4 Å². The highest BCUT2D eigenvalue weighted by molar-refractivity contribution is 6.14. The SMILES string of the molecule is CC(C)(C)c1ccc2c(c1)c1cc(C(C)(C)C)ccc1n2-c1ccc(C(=C(c2ccc(-n3c4ccc(C(C)(C)C)cc4c4cc(C(C)(C)C)ccc43)cc2)c2ccc(-n3c4ccc(C(C)(C)C)cc4c4cc(C(C)(C)C)ccc43)cc2)c2ccc(-n3c4ccc(C(C)(C)C)cc4c4cc(C(C)(C)C)ccc43)cc2)cc1. The van der Waals surface area contributed by atoms with E-state index in [2.05, 4.69) is 427 Å². The average Bonchev–Trinajstić information content (AvgIpc) is 1.59. The highest BCUT2D eigenvalue weighted by Crippen LogP contribution is 2.47. The minimum absolute atomic E-state index is 0.0170. The van der Waals surface area contributed by atoms with Crippen LogP contribution >= 0.6 is 0 Å². The minimum Gasteiger partial charge on any atom is -0.309 e. The Bertz CT molecular complexity index is 5310. The maximum Gasteiger partial charge on any atom is 0.0541 e. The van der Waals surface area contributed by atoms with Gasteiger partial charge in [0, 0.05) is 65.8 Å². The summed E-state index contributed by atoms with van der Waals surface area (Å²) in [6.45, 7) is 55.7. The summed E-state index contributed by atoms with van der Waals surface area (Å²) >= 11 is 0. The van der Waals surface area contributed by atoms with Crippen molar-refractivity contribution in [3.63, 3.8) is 0 Å². The van der Waals surface area contributed by atoms with Gasteiger partial charge in [-0.15, -0.1) is 0 Å². The Kier molecular flexibility index (Phi) is 17.1. The zero-order valence-corrected chi connectivity index (χ0v) is 69.9. The monoisotopic (exact) mass is 1440 g/mol. The highest BCUT2D eigenvalue weighted by atomic mass is 15.0. The van der Waals surface area contributed by atoms with Gasteiger partial charge < -0.3 is 18.3 Å². The standard InChI is InChI=1S/C106H112N4/c1-99(2,3)69-33-49-89-81(57-69)82-58-70(100(4,5)6)34-50-90(82)107(89)77-41-25-65(26-42-77)97(66-27-43-78(44-28-66)108-91-51-35-71(101(7,8)9)59-83(91)84-60-72(102(10,11)12)36-52-92(84)108)98(67-29-45-79(46-30-67)109-93-53-37-73(103(13,14)15)61-85(93)86-62-74(104(16,17)18)38-54-94(86)109)68-31-47-80(48-32-68)110-95-55-39-75(105(19,20)21)63-87(95)88-64-76(106(22,23)24)40-56-96(88)110/h25-64H,1-24H3. The van der Waals surface area contributed by atoms with E-state index in [1.54, 1.807) is 0 Å². The Morgan fingerprint density at radius 1 is 0.155 bits per heavy atom. The fourth-order valence-electron chi connectivity index (χ4n) is 17.0. The van der Waals surface area contributed by atoms with Crippen LogP contribution in [0.2, 0.25) is 0 Å². The first kappa shape index (κ1) is 73.7. The molecule has 0 aliphatic carbocycles. The normalized spacial score (nSPS) is 13.3. The van der Waals surface area contributed by atoms with Gasteiger partial charge in [-0.3, -0.25) is 0 Å². The van der Waals surface area contributed by atoms with Crippen LogP contribution in [0.25, 0.3) is 121 Å². The number of aromatic nitrogens is 4. The Balaban J connectivity index is 0.955. The third-order valence-corrected chi connectivity index (χ3v) is 23.9. The first-order valence-electron chi connectivity index (χ1n) is 40.1. The first-order chi connectivity index (χ1) is 51.6. The fourth-order valence-corrected chi connectivity index (χ4v) is 17.0. The lowest BCUT2D eigenvalue weighted by Gasteiger charge is -2.21. The quantitative estimate of drug-likeness (QED) is 0.135. The molecule has 4 aromatic heterocycles. The van der Waals surface area contributed by atoms with Gasteiger partial charge in [-0.2, -0.15) is 0 Å². The lowest BCUT2D eigenvalue weighted by atomic mass is 9.85. The summed E-state index contributed by atoms with van der Waals surface area (Å²) in [6.07, 6.45) is 0. The number of rotatable bonds is 8. The van der Waals surface area contributed by atoms with E-state index in [4.69, 9.17) is 0 Å². The van der Waals surface area contributed by atoms with Crippen LogP contribution < -0.4 is 0 Å². The molecule has 0 spiro atoms. The molecule has 4 heteroatoms. The Labute approximate surface area is 654 Å². The van der Waals surface area contributed by atoms with Crippen molar-refractivity contribution < 1.29 is 0 Å². The molecule has 0 N–H and O–H groups in total. The van der Waals surface area contributed by atoms with E-state index in [0.717, 1.165) is 56.1 Å². The molecule has 0 aliphatic rings. The molecule has 0 atom stereocenters. The van der Waals surface area contributed by atoms with Gasteiger partial charge >= 0.3 is 0 Å². The smallest absolute Gasteiger partial charge is 0.0541 e. The van der Waals surface area contributed by atoms with E-state index in [9.17, 15) is 0 Å². The maximum atomic E-state index is 2.50. The molecule has 0 aliphatic heterocycles. The zero-order valence-electron chi connectivity index (χ0n) is 69.9. The van der Waals surface area contributed by atoms with Gasteiger partial charge in [0.25, 0.3) is 0 Å². The second kappa shape index (κ2) is 25.6. The molecule has 16 aromatic rings. The molecule has 4 heterocycles. The number of hydrogen-bond donors (Lipinski definition) is 0. The summed E-state index contributed by atoms with van der Waals surface area (Å²) < 4.78 is 9.98. The van der Waals surface area contributed by atoms with Gasteiger partial charge in [-0.1, -0.05) is 263 Å². The Morgan fingerprint density at radius 3 is 0.382 bits per heavy atom. The second-order valence-electron chi connectivity index (χ2n) is 40.1. The summed E-state index contributed by atoms with van der Waals surface area (Å²) in [5.74, 6) is 0. The van der Waals surface area contributed by atoms with Crippen LogP contribution in [0.5, 0.6) is 0 Å². The molecule has 0 bridgehead atoms. The Morgan fingerprint density at radius 2 is 0.273 bits per heavy atom. The fraction of sp³-hybridized carbons (Fsp3) is 0.302. The van der Waals surface area contributed by atoms with Crippen molar-refractivity contribution in [2.24, 2.45) is 0 Å². The molecule has 16 rings (SSSR count). The topological polar surface area (TPSA) is 19.7 Å². The van der Waals surface area contributed by atoms with E-state index in [0.29, 0.717) is 0 Å². The lowest BCUT2D eigenvalue weighted by Crippen LogP contribution is -2.10. The van der Waals surface area contributed by atoms with Gasteiger partial charge in [0.1, 0.15) is 0 Å². The number of hydrogen-bond acceptors (Lipinski definition) is 0. The van der Waals surface area contributed by atoms with E-state index in [1.165, 1.54) is 132 Å². The zero-order chi connectivity index (χ0) is 78.2. The molecule has 110 heavy (non-hydrogen) atoms. The molecule has 0 saturated heterocycles. The number of nitrogens with zero attached hydrogens (tertiary/aromatic N) is 4. The summed E-state index contributed by atoms with van der Waals surface area (Å²) in [5, 5.41) is 10.2. The van der Waals surface area contributed by atoms with Crippen LogP contribution in [-0.4, -0.2) is 18.3 Å². The summed E-state index contributed by atoms with van der Waals surface area (Å²) in [7, 11) is 0. The molecule has 0 radical (unpaired) electrons. The molecule has 0 amide bonds. The highest BCUT2D eigenvalue weighted by Gasteiger charge is 2.29. The molecular weight excluding hydrogens is 1330 g/mol. The van der Waals surface area contributed by atoms with Crippen molar-refractivity contribution in [2.75, 3.05) is 0 Å². The molecule has 4 nitrogen and oxygen atoms in total. The van der Waals surface area contributed by atoms with Crippen molar-refractivity contribution in [3.8, 4) is 22.7 Å². The van der Waals surface area contributed by atoms with Crippen LogP contribution in [-0.2, 0) is 43.3 Å². The second-order valence-corrected chi connectivity index (χ2v) is 40.1. The molecule has 556 valence electrons. The van der Waals surface area contributed by atoms with Gasteiger partial charge in [0.2, 0.25) is 0 Å². The van der Waals surface area contributed by atoms with E-state index in [1.807, 2.05) is 0 Å². The van der Waals surface area contributed by atoms with E-state index >= 15 is 0 Å². The summed E-state index contributed by atoms with van der Waals surface area (Å²) in [5.41, 5.74) is 31.4. The van der Waals surface area contributed by atoms with Crippen molar-refractivity contribution in [2.45, 2.75) is 209 Å². The van der Waals surface area contributed by atoms with Crippen LogP contribution in [0.4, 0.5) is 0 Å². The summed E-state index contributed by atoms with van der Waals surface area (Å²) in [4.78, 5) is 0. The van der Waals surface area contributed by atoms with Crippen molar-refractivity contribution in [1.82, 2.24) is 18.3 Å². The largest absolute Gasteiger partial charge is 0.309 e. The Hall–Kier alpha value is -10.4. The third kappa shape index (κ3) is 12.9. The van der Waals surface area contributed by atoms with Gasteiger partial charge in [0.15, 0.2) is 0 Å². The average molecular weight is 1440 g/mol. The third-order valence-electron chi connectivity index (χ3n) is 23.9. The first-order valence-corrected chi connectivity index (χ1v) is 40.1. The van der Waals surface area contributed by atoms with Crippen LogP contribution in [0.1, 0.15) is 233 Å². The number of benzene rings is 12. The molecule has 0 unspecified atom stereocenters. The predicted molar refractivity (Wildman–Crippen MR) is 478 cm³/mol. The van der Waals surface area contributed by atoms with Crippen LogP contribution in [0, 0.1) is 0 Å². The minimum atomic E-state index is -0.0170. The molecular formula is C106H112N4. The van der Waals surface area contributed by atoms with E-state index < -0.39 is 0 Å². The maximum absolute atomic E-state index is 2.50. The summed E-state index contributed by atoms with van der Waals surface area (Å²) in [6, 6.07) is 95.3. The van der Waals surface area contributed by atoms with Crippen molar-refractivity contribution in [1.29, 1.82) is 0 Å². The van der Waals surface area contributed by atoms with Gasteiger partial charge in [-0.05, 0) is 267 Å². The molecule has 0 fully saturated rings. The molecule has 12 aromatic carbocycles. The lowest BCUT2D eigenvalue weighted by molar-refractivity contribution is 0.590. The van der Waals surface area contributed by atoms with Crippen molar-refractivity contribution in [3.05, 3.63) is 309 Å². The van der Waals surface area contributed by atoms with Crippen LogP contribution in [0.15, 0.2) is 243 Å². The van der Waals surface area contributed by atoms with Gasteiger partial charge in [-0.25, -0.2) is 0 Å². The van der Waals surface area contributed by atoms with Gasteiger partial charge in [0.05, 0.1) is 44.1 Å². The predicted octanol–water partition coefficient (Wildman–Crippen LogP) is 29.5. The van der Waals surface area contributed by atoms with E-state index in [-0.39, 0.29) is 43.3 Å².